The Hall–Kier alpha value is -0.690. The van der Waals surface area contributed by atoms with Crippen molar-refractivity contribution in [1.82, 2.24) is 10.3 Å². The Morgan fingerprint density at radius 2 is 2.41 bits per heavy atom. The van der Waals surface area contributed by atoms with Gasteiger partial charge < -0.3 is 10.1 Å². The van der Waals surface area contributed by atoms with Crippen LogP contribution in [-0.2, 0) is 22.4 Å². The van der Waals surface area contributed by atoms with Gasteiger partial charge in [0.05, 0.1) is 12.3 Å². The van der Waals surface area contributed by atoms with E-state index >= 15 is 0 Å². The fraction of sp³-hybridized carbons (Fsp3) is 0.733. The average molecular weight is 346 g/mol. The van der Waals surface area contributed by atoms with Gasteiger partial charge in [0.25, 0.3) is 5.91 Å². The molecule has 1 saturated heterocycles. The third-order valence-corrected chi connectivity index (χ3v) is 5.22. The average Bonchev–Trinajstić information content (AvgIpc) is 2.90. The van der Waals surface area contributed by atoms with Crippen LogP contribution in [0.5, 0.6) is 0 Å². The van der Waals surface area contributed by atoms with Gasteiger partial charge in [-0.2, -0.15) is 0 Å². The largest absolute Gasteiger partial charge is 0.366 e. The van der Waals surface area contributed by atoms with Crippen molar-refractivity contribution in [3.63, 3.8) is 0 Å². The number of carbonyl (C=O) groups is 1. The van der Waals surface area contributed by atoms with Crippen LogP contribution in [0.25, 0.3) is 0 Å². The number of carbonyl (C=O) groups excluding carboxylic acids is 1. The zero-order valence-corrected chi connectivity index (χ0v) is 14.5. The lowest BCUT2D eigenvalue weighted by molar-refractivity contribution is -0.128. The van der Waals surface area contributed by atoms with E-state index in [-0.39, 0.29) is 18.3 Å². The van der Waals surface area contributed by atoms with Crippen LogP contribution in [0, 0.1) is 5.92 Å². The van der Waals surface area contributed by atoms with Crippen molar-refractivity contribution in [3.05, 3.63) is 10.6 Å². The predicted molar refractivity (Wildman–Crippen MR) is 91.0 cm³/mol. The van der Waals surface area contributed by atoms with Crippen LogP contribution in [0.15, 0.2) is 0 Å². The molecule has 2 aliphatic rings. The van der Waals surface area contributed by atoms with E-state index in [0.717, 1.165) is 30.4 Å². The van der Waals surface area contributed by atoms with Crippen molar-refractivity contribution in [2.24, 2.45) is 5.92 Å². The van der Waals surface area contributed by atoms with Gasteiger partial charge in [-0.15, -0.1) is 23.7 Å². The number of amides is 1. The highest BCUT2D eigenvalue weighted by molar-refractivity contribution is 7.15. The molecule has 0 aromatic carbocycles. The third kappa shape index (κ3) is 4.19. The molecule has 0 radical (unpaired) electrons. The predicted octanol–water partition coefficient (Wildman–Crippen LogP) is 2.40. The van der Waals surface area contributed by atoms with Gasteiger partial charge in [-0.25, -0.2) is 4.98 Å². The maximum absolute atomic E-state index is 12.1. The lowest BCUT2D eigenvalue weighted by Crippen LogP contribution is -2.45. The Kier molecular flexibility index (Phi) is 6.62. The van der Waals surface area contributed by atoms with Crippen molar-refractivity contribution < 1.29 is 9.53 Å². The van der Waals surface area contributed by atoms with Gasteiger partial charge in [-0.05, 0) is 25.2 Å². The summed E-state index contributed by atoms with van der Waals surface area (Å²) < 4.78 is 5.47. The van der Waals surface area contributed by atoms with Crippen molar-refractivity contribution in [2.45, 2.75) is 45.1 Å². The van der Waals surface area contributed by atoms with E-state index in [2.05, 4.69) is 22.5 Å². The van der Waals surface area contributed by atoms with E-state index in [9.17, 15) is 4.79 Å². The minimum Gasteiger partial charge on any atom is -0.366 e. The standard InChI is InChI=1S/C15H23N3O2S.ClH/c1-2-3-10-4-5-11-13(8-10)21-15(17-11)18-14(19)12-9-16-6-7-20-12;/h10,12,16H,2-9H2,1H3,(H,17,18,19);1H. The Labute approximate surface area is 141 Å². The summed E-state index contributed by atoms with van der Waals surface area (Å²) in [5.41, 5.74) is 1.19. The lowest BCUT2D eigenvalue weighted by atomic mass is 9.88. The Morgan fingerprint density at radius 1 is 1.55 bits per heavy atom. The van der Waals surface area contributed by atoms with E-state index in [1.807, 2.05) is 0 Å². The normalized spacial score (nSPS) is 24.2. The first-order valence-electron chi connectivity index (χ1n) is 7.88. The molecule has 22 heavy (non-hydrogen) atoms. The Morgan fingerprint density at radius 3 is 3.14 bits per heavy atom. The summed E-state index contributed by atoms with van der Waals surface area (Å²) in [4.78, 5) is 18.1. The number of fused-ring (bicyclic) bond motifs is 1. The molecule has 3 rings (SSSR count). The highest BCUT2D eigenvalue weighted by Gasteiger charge is 2.25. The lowest BCUT2D eigenvalue weighted by Gasteiger charge is -2.22. The number of nitrogens with one attached hydrogen (secondary N) is 2. The Bertz CT molecular complexity index is 503. The molecule has 0 spiro atoms. The van der Waals surface area contributed by atoms with Crippen LogP contribution < -0.4 is 10.6 Å². The van der Waals surface area contributed by atoms with Crippen LogP contribution in [0.3, 0.4) is 0 Å². The number of hydrogen-bond donors (Lipinski definition) is 2. The zero-order chi connectivity index (χ0) is 14.7. The highest BCUT2D eigenvalue weighted by atomic mass is 35.5. The number of anilines is 1. The van der Waals surface area contributed by atoms with Gasteiger partial charge >= 0.3 is 0 Å². The SMILES string of the molecule is CCCC1CCc2nc(NC(=O)C3CNCCO3)sc2C1.Cl. The van der Waals surface area contributed by atoms with Crippen LogP contribution in [0.1, 0.15) is 36.8 Å². The van der Waals surface area contributed by atoms with Crippen molar-refractivity contribution in [1.29, 1.82) is 0 Å². The van der Waals surface area contributed by atoms with E-state index < -0.39 is 6.10 Å². The molecule has 0 saturated carbocycles. The quantitative estimate of drug-likeness (QED) is 0.879. The minimum atomic E-state index is -0.396. The number of halogens is 1. The van der Waals surface area contributed by atoms with Crippen LogP contribution in [-0.4, -0.2) is 36.7 Å². The fourth-order valence-electron chi connectivity index (χ4n) is 3.07. The first-order chi connectivity index (χ1) is 10.3. The van der Waals surface area contributed by atoms with Gasteiger partial charge in [0.2, 0.25) is 0 Å². The molecule has 2 heterocycles. The molecule has 2 unspecified atom stereocenters. The smallest absolute Gasteiger partial charge is 0.256 e. The van der Waals surface area contributed by atoms with Gasteiger partial charge in [-0.1, -0.05) is 19.8 Å². The molecule has 1 fully saturated rings. The van der Waals surface area contributed by atoms with Crippen LogP contribution in [0.2, 0.25) is 0 Å². The van der Waals surface area contributed by atoms with E-state index in [1.165, 1.54) is 29.8 Å². The number of thiazole rings is 1. The molecule has 2 N–H and O–H groups in total. The minimum absolute atomic E-state index is 0. The van der Waals surface area contributed by atoms with E-state index in [4.69, 9.17) is 4.74 Å². The van der Waals surface area contributed by atoms with Gasteiger partial charge in [0.15, 0.2) is 5.13 Å². The molecule has 5 nitrogen and oxygen atoms in total. The van der Waals surface area contributed by atoms with E-state index in [1.54, 1.807) is 11.3 Å². The van der Waals surface area contributed by atoms with E-state index in [0.29, 0.717) is 13.2 Å². The van der Waals surface area contributed by atoms with Crippen LogP contribution in [0.4, 0.5) is 5.13 Å². The van der Waals surface area contributed by atoms with Crippen molar-refractivity contribution >= 4 is 34.8 Å². The van der Waals surface area contributed by atoms with Gasteiger partial charge in [0.1, 0.15) is 6.10 Å². The molecule has 1 aliphatic heterocycles. The number of morpholine rings is 1. The second kappa shape index (κ2) is 8.24. The highest BCUT2D eigenvalue weighted by Crippen LogP contribution is 2.34. The Balaban J connectivity index is 0.00000176. The molecule has 124 valence electrons. The summed E-state index contributed by atoms with van der Waals surface area (Å²) in [7, 11) is 0. The fourth-order valence-corrected chi connectivity index (χ4v) is 4.20. The summed E-state index contributed by atoms with van der Waals surface area (Å²) in [6, 6.07) is 0. The molecule has 0 bridgehead atoms. The van der Waals surface area contributed by atoms with Crippen LogP contribution >= 0.6 is 23.7 Å². The second-order valence-corrected chi connectivity index (χ2v) is 6.92. The summed E-state index contributed by atoms with van der Waals surface area (Å²) in [5.74, 6) is 0.704. The monoisotopic (exact) mass is 345 g/mol. The molecule has 2 atom stereocenters. The molecule has 1 aliphatic carbocycles. The summed E-state index contributed by atoms with van der Waals surface area (Å²) in [6.45, 7) is 4.22. The topological polar surface area (TPSA) is 63.2 Å². The number of aromatic nitrogens is 1. The molecule has 7 heteroatoms. The first-order valence-corrected chi connectivity index (χ1v) is 8.69. The first kappa shape index (κ1) is 17.7. The van der Waals surface area contributed by atoms with Crippen molar-refractivity contribution in [2.75, 3.05) is 25.0 Å². The number of hydrogen-bond acceptors (Lipinski definition) is 5. The van der Waals surface area contributed by atoms with Gasteiger partial charge in [-0.3, -0.25) is 10.1 Å². The van der Waals surface area contributed by atoms with Gasteiger partial charge in [0, 0.05) is 18.0 Å². The summed E-state index contributed by atoms with van der Waals surface area (Å²) in [6.07, 6.45) is 5.54. The zero-order valence-electron chi connectivity index (χ0n) is 12.9. The summed E-state index contributed by atoms with van der Waals surface area (Å²) in [5, 5.41) is 6.82. The maximum Gasteiger partial charge on any atom is 0.256 e. The third-order valence-electron chi connectivity index (χ3n) is 4.19. The molecule has 1 aromatic rings. The molecular formula is C15H24ClN3O2S. The molecule has 1 aromatic heterocycles. The number of aryl methyl sites for hydroxylation is 1. The number of nitrogens with zero attached hydrogens (tertiary/aromatic N) is 1. The van der Waals surface area contributed by atoms with Crippen molar-refractivity contribution in [3.8, 4) is 0 Å². The second-order valence-electron chi connectivity index (χ2n) is 5.84. The molecular weight excluding hydrogens is 322 g/mol. The molecule has 1 amide bonds. The maximum atomic E-state index is 12.1. The number of ether oxygens (including phenoxy) is 1. The number of rotatable bonds is 4. The summed E-state index contributed by atoms with van der Waals surface area (Å²) >= 11 is 1.64.